The van der Waals surface area contributed by atoms with Gasteiger partial charge in [0.1, 0.15) is 0 Å². The molecule has 2 unspecified atom stereocenters. The van der Waals surface area contributed by atoms with Crippen LogP contribution in [0.4, 0.5) is 0 Å². The highest BCUT2D eigenvalue weighted by Gasteiger charge is 2.39. The van der Waals surface area contributed by atoms with Crippen molar-refractivity contribution in [2.45, 2.75) is 55.4 Å². The molecule has 2 bridgehead atoms. The number of hydrogen-bond acceptors (Lipinski definition) is 2. The van der Waals surface area contributed by atoms with Crippen molar-refractivity contribution in [2.24, 2.45) is 0 Å². The molecule has 3 fully saturated rings. The lowest BCUT2D eigenvalue weighted by atomic mass is 10.0. The Balaban J connectivity index is 1.51. The Hall–Kier alpha value is 0.400. The number of hydrogen-bond donors (Lipinski definition) is 0. The second kappa shape index (κ2) is 4.95. The highest BCUT2D eigenvalue weighted by atomic mass is 79.9. The van der Waals surface area contributed by atoms with E-state index in [1.807, 2.05) is 0 Å². The number of halogens is 1. The SMILES string of the molecule is BrC1CC2CCC(C1)N2CCN1CCCC1. The molecular weight excluding hydrogens is 264 g/mol. The van der Waals surface area contributed by atoms with E-state index in [0.29, 0.717) is 0 Å². The molecule has 3 heterocycles. The first-order valence-corrected chi connectivity index (χ1v) is 7.86. The summed E-state index contributed by atoms with van der Waals surface area (Å²) in [5.41, 5.74) is 0. The molecule has 16 heavy (non-hydrogen) atoms. The van der Waals surface area contributed by atoms with Crippen molar-refractivity contribution >= 4 is 15.9 Å². The molecule has 3 saturated heterocycles. The third kappa shape index (κ3) is 2.32. The van der Waals surface area contributed by atoms with Crippen LogP contribution in [0, 0.1) is 0 Å². The predicted molar refractivity (Wildman–Crippen MR) is 71.1 cm³/mol. The minimum atomic E-state index is 0.799. The Bertz CT molecular complexity index is 226. The summed E-state index contributed by atoms with van der Waals surface area (Å²) in [6, 6.07) is 1.79. The van der Waals surface area contributed by atoms with Crippen LogP contribution in [0.15, 0.2) is 0 Å². The molecule has 0 aromatic carbocycles. The van der Waals surface area contributed by atoms with Gasteiger partial charge in [0, 0.05) is 30.0 Å². The molecule has 0 N–H and O–H groups in total. The van der Waals surface area contributed by atoms with Crippen molar-refractivity contribution in [2.75, 3.05) is 26.2 Å². The first kappa shape index (κ1) is 11.5. The van der Waals surface area contributed by atoms with Gasteiger partial charge < -0.3 is 4.90 Å². The first-order chi connectivity index (χ1) is 7.83. The van der Waals surface area contributed by atoms with Crippen LogP contribution in [0.25, 0.3) is 0 Å². The third-order valence-corrected chi connectivity index (χ3v) is 5.45. The number of piperidine rings is 1. The Kier molecular flexibility index (Phi) is 3.55. The number of nitrogens with zero attached hydrogens (tertiary/aromatic N) is 2. The standard InChI is InChI=1S/C13H23BrN2/c14-11-9-12-3-4-13(10-11)16(12)8-7-15-5-1-2-6-15/h11-13H,1-10H2. The molecule has 3 aliphatic rings. The zero-order valence-electron chi connectivity index (χ0n) is 10.1. The lowest BCUT2D eigenvalue weighted by molar-refractivity contribution is 0.128. The molecular formula is C13H23BrN2. The summed E-state index contributed by atoms with van der Waals surface area (Å²) in [7, 11) is 0. The molecule has 0 aromatic rings. The minimum Gasteiger partial charge on any atom is -0.302 e. The van der Waals surface area contributed by atoms with Crippen LogP contribution in [0.1, 0.15) is 38.5 Å². The molecule has 0 radical (unpaired) electrons. The van der Waals surface area contributed by atoms with Gasteiger partial charge in [0.15, 0.2) is 0 Å². The van der Waals surface area contributed by atoms with E-state index in [1.54, 1.807) is 0 Å². The summed E-state index contributed by atoms with van der Waals surface area (Å²) < 4.78 is 0. The second-order valence-corrected chi connectivity index (χ2v) is 7.04. The zero-order valence-corrected chi connectivity index (χ0v) is 11.7. The van der Waals surface area contributed by atoms with Crippen molar-refractivity contribution in [3.63, 3.8) is 0 Å². The Labute approximate surface area is 107 Å². The quantitative estimate of drug-likeness (QED) is 0.736. The van der Waals surface area contributed by atoms with Gasteiger partial charge in [0.25, 0.3) is 0 Å². The van der Waals surface area contributed by atoms with Crippen LogP contribution >= 0.6 is 15.9 Å². The summed E-state index contributed by atoms with van der Waals surface area (Å²) in [5.74, 6) is 0. The number of rotatable bonds is 3. The van der Waals surface area contributed by atoms with Crippen LogP contribution in [-0.4, -0.2) is 52.9 Å². The molecule has 0 spiro atoms. The van der Waals surface area contributed by atoms with Crippen molar-refractivity contribution in [1.29, 1.82) is 0 Å². The molecule has 3 rings (SSSR count). The summed E-state index contributed by atoms with van der Waals surface area (Å²) in [6.45, 7) is 5.35. The monoisotopic (exact) mass is 286 g/mol. The van der Waals surface area contributed by atoms with Gasteiger partial charge in [0.05, 0.1) is 0 Å². The predicted octanol–water partition coefficient (Wildman–Crippen LogP) is 2.47. The number of fused-ring (bicyclic) bond motifs is 2. The molecule has 0 amide bonds. The highest BCUT2D eigenvalue weighted by Crippen LogP contribution is 2.38. The fraction of sp³-hybridized carbons (Fsp3) is 1.00. The first-order valence-electron chi connectivity index (χ1n) is 6.95. The van der Waals surface area contributed by atoms with Crippen LogP contribution in [0.2, 0.25) is 0 Å². The maximum atomic E-state index is 3.82. The van der Waals surface area contributed by atoms with Gasteiger partial charge in [-0.3, -0.25) is 4.90 Å². The normalized spacial score (nSPS) is 40.7. The summed E-state index contributed by atoms with van der Waals surface area (Å²) in [4.78, 5) is 6.27. The van der Waals surface area contributed by atoms with E-state index in [4.69, 9.17) is 0 Å². The van der Waals surface area contributed by atoms with E-state index in [0.717, 1.165) is 16.9 Å². The summed E-state index contributed by atoms with van der Waals surface area (Å²) >= 11 is 3.82. The van der Waals surface area contributed by atoms with Crippen LogP contribution in [0.3, 0.4) is 0 Å². The molecule has 0 aliphatic carbocycles. The summed E-state index contributed by atoms with van der Waals surface area (Å²) in [5, 5.41) is 0. The lowest BCUT2D eigenvalue weighted by Gasteiger charge is -2.38. The lowest BCUT2D eigenvalue weighted by Crippen LogP contribution is -2.46. The van der Waals surface area contributed by atoms with Crippen molar-refractivity contribution in [3.05, 3.63) is 0 Å². The number of likely N-dealkylation sites (tertiary alicyclic amines) is 1. The molecule has 2 nitrogen and oxygen atoms in total. The largest absolute Gasteiger partial charge is 0.302 e. The maximum absolute atomic E-state index is 3.82. The van der Waals surface area contributed by atoms with E-state index < -0.39 is 0 Å². The van der Waals surface area contributed by atoms with E-state index in [9.17, 15) is 0 Å². The molecule has 0 saturated carbocycles. The van der Waals surface area contributed by atoms with Gasteiger partial charge in [-0.1, -0.05) is 15.9 Å². The van der Waals surface area contributed by atoms with E-state index in [1.165, 1.54) is 64.7 Å². The average molecular weight is 287 g/mol. The van der Waals surface area contributed by atoms with Gasteiger partial charge in [-0.25, -0.2) is 0 Å². The number of alkyl halides is 1. The molecule has 2 atom stereocenters. The van der Waals surface area contributed by atoms with E-state index in [-0.39, 0.29) is 0 Å². The van der Waals surface area contributed by atoms with Crippen LogP contribution in [0.5, 0.6) is 0 Å². The highest BCUT2D eigenvalue weighted by molar-refractivity contribution is 9.09. The fourth-order valence-corrected chi connectivity index (χ4v) is 4.70. The van der Waals surface area contributed by atoms with Crippen molar-refractivity contribution < 1.29 is 0 Å². The van der Waals surface area contributed by atoms with Gasteiger partial charge >= 0.3 is 0 Å². The molecule has 0 aromatic heterocycles. The molecule has 3 aliphatic heterocycles. The topological polar surface area (TPSA) is 6.48 Å². The van der Waals surface area contributed by atoms with Crippen LogP contribution in [-0.2, 0) is 0 Å². The fourth-order valence-electron chi connectivity index (χ4n) is 3.84. The zero-order chi connectivity index (χ0) is 11.0. The Morgan fingerprint density at radius 2 is 1.56 bits per heavy atom. The third-order valence-electron chi connectivity index (χ3n) is 4.70. The minimum absolute atomic E-state index is 0.799. The smallest absolute Gasteiger partial charge is 0.0175 e. The molecule has 3 heteroatoms. The average Bonchev–Trinajstić information content (AvgIpc) is 2.83. The van der Waals surface area contributed by atoms with Gasteiger partial charge in [0.2, 0.25) is 0 Å². The maximum Gasteiger partial charge on any atom is 0.0175 e. The van der Waals surface area contributed by atoms with E-state index >= 15 is 0 Å². The van der Waals surface area contributed by atoms with Gasteiger partial charge in [-0.15, -0.1) is 0 Å². The van der Waals surface area contributed by atoms with Gasteiger partial charge in [-0.05, 0) is 51.6 Å². The van der Waals surface area contributed by atoms with Crippen molar-refractivity contribution in [3.8, 4) is 0 Å². The van der Waals surface area contributed by atoms with Gasteiger partial charge in [-0.2, -0.15) is 0 Å². The Morgan fingerprint density at radius 1 is 0.938 bits per heavy atom. The summed E-state index contributed by atoms with van der Waals surface area (Å²) in [6.07, 6.45) is 8.53. The second-order valence-electron chi connectivity index (χ2n) is 5.74. The van der Waals surface area contributed by atoms with Crippen LogP contribution < -0.4 is 0 Å². The van der Waals surface area contributed by atoms with Crippen molar-refractivity contribution in [1.82, 2.24) is 9.80 Å². The van der Waals surface area contributed by atoms with E-state index in [2.05, 4.69) is 25.7 Å². The molecule has 92 valence electrons. The Morgan fingerprint density at radius 3 is 2.19 bits per heavy atom.